The summed E-state index contributed by atoms with van der Waals surface area (Å²) in [6.07, 6.45) is -0.348. The summed E-state index contributed by atoms with van der Waals surface area (Å²) < 4.78 is 10.4. The van der Waals surface area contributed by atoms with Crippen LogP contribution in [0.5, 0.6) is 11.5 Å². The molecule has 0 saturated carbocycles. The molecule has 6 nitrogen and oxygen atoms in total. The number of esters is 2. The van der Waals surface area contributed by atoms with E-state index in [9.17, 15) is 14.7 Å². The number of nitrogens with one attached hydrogen (secondary N) is 1. The van der Waals surface area contributed by atoms with Gasteiger partial charge in [-0.05, 0) is 17.7 Å². The third-order valence-electron chi connectivity index (χ3n) is 3.10. The smallest absolute Gasteiger partial charge is 0.311 e. The lowest BCUT2D eigenvalue weighted by Crippen LogP contribution is -2.27. The van der Waals surface area contributed by atoms with Gasteiger partial charge in [0.05, 0.1) is 6.10 Å². The third-order valence-corrected chi connectivity index (χ3v) is 3.10. The molecule has 0 heterocycles. The minimum Gasteiger partial charge on any atom is -0.423 e. The summed E-state index contributed by atoms with van der Waals surface area (Å²) in [7, 11) is 0. The first-order valence-electron chi connectivity index (χ1n) is 7.84. The second-order valence-corrected chi connectivity index (χ2v) is 5.44. The van der Waals surface area contributed by atoms with Crippen LogP contribution in [0.3, 0.4) is 0 Å². The second kappa shape index (κ2) is 9.27. The van der Waals surface area contributed by atoms with Crippen LogP contribution in [0.2, 0.25) is 0 Å². The second-order valence-electron chi connectivity index (χ2n) is 5.44. The van der Waals surface area contributed by atoms with E-state index >= 15 is 0 Å². The maximum Gasteiger partial charge on any atom is 0.311 e. The minimum atomic E-state index is -0.757. The Morgan fingerprint density at radius 1 is 1.09 bits per heavy atom. The summed E-state index contributed by atoms with van der Waals surface area (Å²) in [4.78, 5) is 23.0. The highest BCUT2D eigenvalue weighted by Gasteiger charge is 2.16. The molecule has 1 unspecified atom stereocenters. The van der Waals surface area contributed by atoms with Crippen molar-refractivity contribution in [3.8, 4) is 11.5 Å². The van der Waals surface area contributed by atoms with E-state index in [1.807, 2.05) is 13.8 Å². The van der Waals surface area contributed by atoms with Crippen molar-refractivity contribution in [1.29, 1.82) is 0 Å². The Kier molecular flexibility index (Phi) is 7.71. The first kappa shape index (κ1) is 19.1. The molecule has 23 heavy (non-hydrogen) atoms. The Balaban J connectivity index is 3.00. The van der Waals surface area contributed by atoms with Crippen molar-refractivity contribution in [3.05, 3.63) is 23.8 Å². The molecule has 0 amide bonds. The van der Waals surface area contributed by atoms with Gasteiger partial charge in [-0.15, -0.1) is 0 Å². The van der Waals surface area contributed by atoms with Crippen molar-refractivity contribution in [2.24, 2.45) is 0 Å². The van der Waals surface area contributed by atoms with E-state index < -0.39 is 18.0 Å². The summed E-state index contributed by atoms with van der Waals surface area (Å²) in [5.74, 6) is -0.550. The average molecular weight is 323 g/mol. The van der Waals surface area contributed by atoms with E-state index in [0.717, 1.165) is 0 Å². The number of hydrogen-bond acceptors (Lipinski definition) is 6. The van der Waals surface area contributed by atoms with Crippen LogP contribution in [-0.4, -0.2) is 29.6 Å². The lowest BCUT2D eigenvalue weighted by atomic mass is 10.1. The van der Waals surface area contributed by atoms with E-state index in [4.69, 9.17) is 9.47 Å². The molecular formula is C17H25NO5. The van der Waals surface area contributed by atoms with Crippen molar-refractivity contribution in [2.45, 2.75) is 52.7 Å². The van der Waals surface area contributed by atoms with Crippen LogP contribution >= 0.6 is 0 Å². The van der Waals surface area contributed by atoms with Crippen molar-refractivity contribution < 1.29 is 24.2 Å². The molecule has 0 aliphatic heterocycles. The Labute approximate surface area is 136 Å². The Morgan fingerprint density at radius 3 is 2.17 bits per heavy atom. The topological polar surface area (TPSA) is 84.9 Å². The molecule has 0 saturated heterocycles. The lowest BCUT2D eigenvalue weighted by molar-refractivity contribution is -0.136. The predicted molar refractivity (Wildman–Crippen MR) is 86.4 cm³/mol. The lowest BCUT2D eigenvalue weighted by Gasteiger charge is -2.16. The third kappa shape index (κ3) is 6.38. The molecule has 1 rings (SSSR count). The Morgan fingerprint density at radius 2 is 1.65 bits per heavy atom. The minimum absolute atomic E-state index is 0.139. The quantitative estimate of drug-likeness (QED) is 0.564. The standard InChI is InChI=1S/C17H25NO5/c1-5-16(20)22-14-8-7-12(13(19)10-18-11(3)4)9-15(14)23-17(21)6-2/h7-9,11,13,18-19H,5-6,10H2,1-4H3. The maximum atomic E-state index is 11.5. The average Bonchev–Trinajstić information content (AvgIpc) is 2.53. The van der Waals surface area contributed by atoms with E-state index in [1.54, 1.807) is 19.9 Å². The number of carbonyl (C=O) groups excluding carboxylic acids is 2. The number of aliphatic hydroxyl groups is 1. The molecular weight excluding hydrogens is 298 g/mol. The highest BCUT2D eigenvalue weighted by molar-refractivity contribution is 5.76. The monoisotopic (exact) mass is 323 g/mol. The molecule has 0 bridgehead atoms. The highest BCUT2D eigenvalue weighted by atomic mass is 16.6. The molecule has 1 atom stereocenters. The van der Waals surface area contributed by atoms with E-state index in [-0.39, 0.29) is 30.4 Å². The summed E-state index contributed by atoms with van der Waals surface area (Å²) in [6.45, 7) is 7.68. The van der Waals surface area contributed by atoms with Crippen LogP contribution in [0.25, 0.3) is 0 Å². The van der Waals surface area contributed by atoms with Crippen LogP contribution in [0.1, 0.15) is 52.2 Å². The van der Waals surface area contributed by atoms with Gasteiger partial charge in [0.25, 0.3) is 0 Å². The van der Waals surface area contributed by atoms with Gasteiger partial charge >= 0.3 is 11.9 Å². The van der Waals surface area contributed by atoms with Gasteiger partial charge in [0.2, 0.25) is 0 Å². The zero-order valence-electron chi connectivity index (χ0n) is 14.1. The number of ether oxygens (including phenoxy) is 2. The molecule has 1 aromatic rings. The molecule has 0 spiro atoms. The van der Waals surface area contributed by atoms with Crippen LogP contribution in [0.15, 0.2) is 18.2 Å². The zero-order chi connectivity index (χ0) is 17.4. The van der Waals surface area contributed by atoms with E-state index in [2.05, 4.69) is 5.32 Å². The molecule has 0 radical (unpaired) electrons. The number of benzene rings is 1. The molecule has 128 valence electrons. The molecule has 1 aromatic carbocycles. The fourth-order valence-electron chi connectivity index (χ4n) is 1.75. The van der Waals surface area contributed by atoms with Crippen molar-refractivity contribution in [2.75, 3.05) is 6.54 Å². The normalized spacial score (nSPS) is 12.1. The predicted octanol–water partition coefficient (Wildman–Crippen LogP) is 2.35. The van der Waals surface area contributed by atoms with Gasteiger partial charge in [0.15, 0.2) is 11.5 Å². The fourth-order valence-corrected chi connectivity index (χ4v) is 1.75. The summed E-state index contributed by atoms with van der Waals surface area (Å²) in [5.41, 5.74) is 0.577. The fraction of sp³-hybridized carbons (Fsp3) is 0.529. The van der Waals surface area contributed by atoms with Gasteiger partial charge < -0.3 is 19.9 Å². The van der Waals surface area contributed by atoms with Crippen LogP contribution in [0.4, 0.5) is 0 Å². The van der Waals surface area contributed by atoms with Crippen LogP contribution in [-0.2, 0) is 9.59 Å². The van der Waals surface area contributed by atoms with Crippen molar-refractivity contribution >= 4 is 11.9 Å². The number of hydrogen-bond donors (Lipinski definition) is 2. The first-order chi connectivity index (χ1) is 10.9. The van der Waals surface area contributed by atoms with Crippen LogP contribution in [0, 0.1) is 0 Å². The van der Waals surface area contributed by atoms with Crippen LogP contribution < -0.4 is 14.8 Å². The Bertz CT molecular complexity index is 542. The van der Waals surface area contributed by atoms with E-state index in [0.29, 0.717) is 12.1 Å². The number of rotatable bonds is 8. The highest BCUT2D eigenvalue weighted by Crippen LogP contribution is 2.31. The van der Waals surface area contributed by atoms with Crippen molar-refractivity contribution in [1.82, 2.24) is 5.32 Å². The Hall–Kier alpha value is -1.92. The molecule has 0 aliphatic rings. The van der Waals surface area contributed by atoms with Gasteiger partial charge in [0, 0.05) is 25.4 Å². The van der Waals surface area contributed by atoms with Gasteiger partial charge in [-0.25, -0.2) is 0 Å². The van der Waals surface area contributed by atoms with Gasteiger partial charge in [0.1, 0.15) is 0 Å². The van der Waals surface area contributed by atoms with E-state index in [1.165, 1.54) is 12.1 Å². The largest absolute Gasteiger partial charge is 0.423 e. The first-order valence-corrected chi connectivity index (χ1v) is 7.84. The van der Waals surface area contributed by atoms with Gasteiger partial charge in [-0.3, -0.25) is 9.59 Å². The summed E-state index contributed by atoms with van der Waals surface area (Å²) in [6, 6.07) is 4.94. The zero-order valence-corrected chi connectivity index (χ0v) is 14.1. The number of carbonyl (C=O) groups is 2. The van der Waals surface area contributed by atoms with Gasteiger partial charge in [-0.2, -0.15) is 0 Å². The molecule has 6 heteroatoms. The summed E-state index contributed by atoms with van der Waals surface area (Å²) in [5, 5.41) is 13.3. The SMILES string of the molecule is CCC(=O)Oc1ccc(C(O)CNC(C)C)cc1OC(=O)CC. The van der Waals surface area contributed by atoms with Gasteiger partial charge in [-0.1, -0.05) is 33.8 Å². The molecule has 0 aromatic heterocycles. The molecule has 2 N–H and O–H groups in total. The maximum absolute atomic E-state index is 11.5. The number of aliphatic hydroxyl groups excluding tert-OH is 1. The molecule has 0 aliphatic carbocycles. The molecule has 0 fully saturated rings. The van der Waals surface area contributed by atoms with Crippen molar-refractivity contribution in [3.63, 3.8) is 0 Å². The summed E-state index contributed by atoms with van der Waals surface area (Å²) >= 11 is 0.